The second-order valence-electron chi connectivity index (χ2n) is 10.9. The Morgan fingerprint density at radius 3 is 2.41 bits per heavy atom. The van der Waals surface area contributed by atoms with Crippen molar-refractivity contribution in [2.75, 3.05) is 13.2 Å². The molecule has 1 atom stereocenters. The van der Waals surface area contributed by atoms with E-state index in [0.29, 0.717) is 46.9 Å². The zero-order valence-electron chi connectivity index (χ0n) is 22.8. The van der Waals surface area contributed by atoms with Crippen molar-refractivity contribution in [3.05, 3.63) is 47.1 Å². The average Bonchev–Trinajstić information content (AvgIpc) is 3.36. The van der Waals surface area contributed by atoms with Gasteiger partial charge in [0.2, 0.25) is 10.0 Å². The van der Waals surface area contributed by atoms with E-state index in [9.17, 15) is 26.4 Å². The van der Waals surface area contributed by atoms with Crippen LogP contribution in [0.2, 0.25) is 0 Å². The largest absolute Gasteiger partial charge is 0.404 e. The zero-order chi connectivity index (χ0) is 29.2. The van der Waals surface area contributed by atoms with Crippen LogP contribution < -0.4 is 10.0 Å². The summed E-state index contributed by atoms with van der Waals surface area (Å²) in [4.78, 5) is 18.6. The SMILES string of the molecule is C[C@H](NS(=O)(=O)c1ccc(-c2sc(C(=O)NC3CCOCC3)nc2CC2CCCCC2)c2ccccc12)C(F)(F)F. The summed E-state index contributed by atoms with van der Waals surface area (Å²) < 4.78 is 72.8. The second-order valence-corrected chi connectivity index (χ2v) is 13.6. The highest BCUT2D eigenvalue weighted by Gasteiger charge is 2.39. The number of ether oxygens (including phenoxy) is 1. The lowest BCUT2D eigenvalue weighted by molar-refractivity contribution is -0.147. The third-order valence-electron chi connectivity index (χ3n) is 7.90. The fourth-order valence-corrected chi connectivity index (χ4v) is 8.09. The Labute approximate surface area is 241 Å². The molecule has 7 nitrogen and oxygen atoms in total. The van der Waals surface area contributed by atoms with Crippen LogP contribution in [0.4, 0.5) is 13.2 Å². The van der Waals surface area contributed by atoms with E-state index in [-0.39, 0.29) is 16.8 Å². The van der Waals surface area contributed by atoms with Crippen LogP contribution >= 0.6 is 11.3 Å². The number of hydrogen-bond donors (Lipinski definition) is 2. The first-order valence-corrected chi connectivity index (χ1v) is 16.3. The van der Waals surface area contributed by atoms with Crippen molar-refractivity contribution in [3.63, 3.8) is 0 Å². The van der Waals surface area contributed by atoms with Crippen LogP contribution in [0.25, 0.3) is 21.2 Å². The highest BCUT2D eigenvalue weighted by atomic mass is 32.2. The fraction of sp³-hybridized carbons (Fsp3) is 0.517. The number of alkyl halides is 3. The number of sulfonamides is 1. The quantitative estimate of drug-likeness (QED) is 0.316. The summed E-state index contributed by atoms with van der Waals surface area (Å²) in [7, 11) is -4.48. The molecule has 0 unspecified atom stereocenters. The van der Waals surface area contributed by atoms with Gasteiger partial charge in [0, 0.05) is 30.2 Å². The van der Waals surface area contributed by atoms with Crippen LogP contribution in [0.15, 0.2) is 41.3 Å². The van der Waals surface area contributed by atoms with Crippen molar-refractivity contribution >= 4 is 38.0 Å². The van der Waals surface area contributed by atoms with E-state index in [2.05, 4.69) is 5.32 Å². The standard InChI is InChI=1S/C29H34F3N3O4S2/c1-18(29(30,31)32)35-41(37,38)25-12-11-23(21-9-5-6-10-22(21)25)26-24(17-19-7-3-2-4-8-19)34-28(40-26)27(36)33-20-13-15-39-16-14-20/h5-6,9-12,18-20,35H,2-4,7-8,13-17H2,1H3,(H,33,36)/t18-/m0/s1. The molecule has 0 radical (unpaired) electrons. The molecule has 5 rings (SSSR count). The van der Waals surface area contributed by atoms with E-state index < -0.39 is 22.2 Å². The Balaban J connectivity index is 1.55. The number of amides is 1. The van der Waals surface area contributed by atoms with E-state index in [0.717, 1.165) is 56.0 Å². The summed E-state index contributed by atoms with van der Waals surface area (Å²) in [6, 6.07) is 7.49. The minimum absolute atomic E-state index is 0.0160. The monoisotopic (exact) mass is 609 g/mol. The summed E-state index contributed by atoms with van der Waals surface area (Å²) >= 11 is 1.27. The van der Waals surface area contributed by atoms with Crippen LogP contribution in [0.5, 0.6) is 0 Å². The summed E-state index contributed by atoms with van der Waals surface area (Å²) in [5, 5.41) is 4.30. The molecule has 2 aliphatic rings. The molecular weight excluding hydrogens is 575 g/mol. The predicted molar refractivity (Wildman–Crippen MR) is 152 cm³/mol. The minimum atomic E-state index is -4.72. The normalized spacial score (nSPS) is 18.4. The molecule has 1 saturated heterocycles. The minimum Gasteiger partial charge on any atom is -0.381 e. The molecule has 3 aromatic rings. The van der Waals surface area contributed by atoms with Gasteiger partial charge in [-0.05, 0) is 43.6 Å². The van der Waals surface area contributed by atoms with Crippen molar-refractivity contribution in [3.8, 4) is 10.4 Å². The maximum Gasteiger partial charge on any atom is 0.404 e. The van der Waals surface area contributed by atoms with Gasteiger partial charge in [0.15, 0.2) is 5.01 Å². The maximum absolute atomic E-state index is 13.3. The lowest BCUT2D eigenvalue weighted by Crippen LogP contribution is -2.43. The number of fused-ring (bicyclic) bond motifs is 1. The molecular formula is C29H34F3N3O4S2. The number of halogens is 3. The number of carbonyl (C=O) groups excluding carboxylic acids is 1. The number of nitrogens with zero attached hydrogens (tertiary/aromatic N) is 1. The van der Waals surface area contributed by atoms with E-state index in [4.69, 9.17) is 9.72 Å². The van der Waals surface area contributed by atoms with Crippen molar-refractivity contribution in [2.45, 2.75) is 81.4 Å². The molecule has 2 fully saturated rings. The molecule has 1 aromatic heterocycles. The van der Waals surface area contributed by atoms with Gasteiger partial charge in [0.1, 0.15) is 6.04 Å². The number of thiazole rings is 1. The lowest BCUT2D eigenvalue weighted by Gasteiger charge is -2.22. The van der Waals surface area contributed by atoms with Gasteiger partial charge in [-0.15, -0.1) is 11.3 Å². The van der Waals surface area contributed by atoms with E-state index in [1.54, 1.807) is 35.1 Å². The number of rotatable bonds is 8. The third-order valence-corrected chi connectivity index (χ3v) is 10.6. The maximum atomic E-state index is 13.3. The van der Waals surface area contributed by atoms with Gasteiger partial charge >= 0.3 is 6.18 Å². The molecule has 2 heterocycles. The van der Waals surface area contributed by atoms with Crippen molar-refractivity contribution in [1.82, 2.24) is 15.0 Å². The second kappa shape index (κ2) is 12.4. The zero-order valence-corrected chi connectivity index (χ0v) is 24.4. The predicted octanol–water partition coefficient (Wildman–Crippen LogP) is 6.22. The Hall–Kier alpha value is -2.54. The van der Waals surface area contributed by atoms with Gasteiger partial charge < -0.3 is 10.1 Å². The van der Waals surface area contributed by atoms with Crippen LogP contribution in [0.3, 0.4) is 0 Å². The van der Waals surface area contributed by atoms with Crippen LogP contribution in [-0.4, -0.2) is 50.8 Å². The van der Waals surface area contributed by atoms with Gasteiger partial charge in [-0.2, -0.15) is 17.9 Å². The number of aromatic nitrogens is 1. The molecule has 2 N–H and O–H groups in total. The van der Waals surface area contributed by atoms with Crippen LogP contribution in [-0.2, 0) is 21.2 Å². The van der Waals surface area contributed by atoms with E-state index in [1.165, 1.54) is 23.8 Å². The van der Waals surface area contributed by atoms with Crippen LogP contribution in [0, 0.1) is 5.92 Å². The lowest BCUT2D eigenvalue weighted by atomic mass is 9.85. The van der Waals surface area contributed by atoms with Crippen molar-refractivity contribution in [1.29, 1.82) is 0 Å². The molecule has 2 aromatic carbocycles. The fourth-order valence-electron chi connectivity index (χ4n) is 5.62. The number of hydrogen-bond acceptors (Lipinski definition) is 6. The van der Waals surface area contributed by atoms with Gasteiger partial charge in [0.05, 0.1) is 15.5 Å². The average molecular weight is 610 g/mol. The summed E-state index contributed by atoms with van der Waals surface area (Å²) in [5.74, 6) is 0.196. The summed E-state index contributed by atoms with van der Waals surface area (Å²) in [6.07, 6.45) is 3.14. The first-order valence-electron chi connectivity index (χ1n) is 14.0. The first kappa shape index (κ1) is 29.9. The molecule has 222 valence electrons. The van der Waals surface area contributed by atoms with Crippen LogP contribution in [0.1, 0.15) is 67.4 Å². The molecule has 1 aliphatic heterocycles. The molecule has 1 amide bonds. The highest BCUT2D eigenvalue weighted by Crippen LogP contribution is 2.40. The molecule has 1 aliphatic carbocycles. The van der Waals surface area contributed by atoms with Gasteiger partial charge in [-0.3, -0.25) is 4.79 Å². The summed E-state index contributed by atoms with van der Waals surface area (Å²) in [5.41, 5.74) is 1.50. The van der Waals surface area contributed by atoms with E-state index in [1.807, 2.05) is 0 Å². The first-order chi connectivity index (χ1) is 19.5. The highest BCUT2D eigenvalue weighted by molar-refractivity contribution is 7.89. The van der Waals surface area contributed by atoms with Gasteiger partial charge in [-0.25, -0.2) is 13.4 Å². The van der Waals surface area contributed by atoms with Gasteiger partial charge in [-0.1, -0.05) is 62.4 Å². The van der Waals surface area contributed by atoms with E-state index >= 15 is 0 Å². The van der Waals surface area contributed by atoms with Gasteiger partial charge in [0.25, 0.3) is 5.91 Å². The number of benzene rings is 2. The molecule has 12 heteroatoms. The molecule has 0 bridgehead atoms. The topological polar surface area (TPSA) is 97.4 Å². The molecule has 0 spiro atoms. The Kier molecular flexibility index (Phi) is 9.03. The van der Waals surface area contributed by atoms with Crippen molar-refractivity contribution < 1.29 is 31.1 Å². The molecule has 41 heavy (non-hydrogen) atoms. The Morgan fingerprint density at radius 1 is 1.05 bits per heavy atom. The number of nitrogens with one attached hydrogen (secondary N) is 2. The third kappa shape index (κ3) is 6.93. The molecule has 1 saturated carbocycles. The summed E-state index contributed by atoms with van der Waals surface area (Å²) in [6.45, 7) is 1.97. The smallest absolute Gasteiger partial charge is 0.381 e. The number of carbonyl (C=O) groups is 1. The Morgan fingerprint density at radius 2 is 1.73 bits per heavy atom. The Bertz CT molecular complexity index is 1490. The van der Waals surface area contributed by atoms with Crippen molar-refractivity contribution in [2.24, 2.45) is 5.92 Å².